The third kappa shape index (κ3) is 12.6. The minimum atomic E-state index is -1.28. The number of nitrogens with zero attached hydrogens (tertiary/aromatic N) is 1. The number of benzene rings is 1. The molecule has 0 saturated heterocycles. The zero-order chi connectivity index (χ0) is 29.3. The summed E-state index contributed by atoms with van der Waals surface area (Å²) < 4.78 is 5.30. The van der Waals surface area contributed by atoms with Crippen molar-refractivity contribution < 1.29 is 24.2 Å². The quantitative estimate of drug-likeness (QED) is 0.187. The molecule has 1 aromatic rings. The number of hydrogen-bond acceptors (Lipinski definition) is 5. The standard InChI is InChI=1S/C31H49N3O5/c1-7-10-12-13-14-18-22-34(29(37)26(23-35)33-30(38)39-31(4,5)6)27(28(36)32-21-17-11-8-2)25-20-16-15-19-24(25)9-3/h3,15-16,19-20,26-27,35H,7-8,10-14,17-18,21-23H2,1-2,4-6H3,(H,32,36)(H,33,38). The van der Waals surface area contributed by atoms with Gasteiger partial charge in [0.2, 0.25) is 11.8 Å². The summed E-state index contributed by atoms with van der Waals surface area (Å²) in [6, 6.07) is 4.76. The van der Waals surface area contributed by atoms with Gasteiger partial charge in [0, 0.05) is 18.7 Å². The molecule has 0 aromatic heterocycles. The summed E-state index contributed by atoms with van der Waals surface area (Å²) >= 11 is 0. The van der Waals surface area contributed by atoms with Gasteiger partial charge in [-0.3, -0.25) is 9.59 Å². The Morgan fingerprint density at radius 3 is 2.23 bits per heavy atom. The summed E-state index contributed by atoms with van der Waals surface area (Å²) in [6.07, 6.45) is 13.7. The van der Waals surface area contributed by atoms with E-state index in [9.17, 15) is 19.5 Å². The Kier molecular flexibility index (Phi) is 15.9. The number of aliphatic hydroxyl groups excluding tert-OH is 1. The molecule has 39 heavy (non-hydrogen) atoms. The molecule has 0 saturated carbocycles. The zero-order valence-electron chi connectivity index (χ0n) is 24.6. The van der Waals surface area contributed by atoms with E-state index >= 15 is 0 Å². The molecule has 0 aliphatic carbocycles. The van der Waals surface area contributed by atoms with Gasteiger partial charge in [-0.15, -0.1) is 6.42 Å². The highest BCUT2D eigenvalue weighted by molar-refractivity contribution is 5.92. The first-order valence-electron chi connectivity index (χ1n) is 14.3. The molecule has 0 aliphatic rings. The molecule has 0 aliphatic heterocycles. The Balaban J connectivity index is 3.38. The van der Waals surface area contributed by atoms with E-state index in [0.717, 1.165) is 51.4 Å². The number of terminal acetylenes is 1. The van der Waals surface area contributed by atoms with Crippen LogP contribution in [-0.4, -0.2) is 59.3 Å². The van der Waals surface area contributed by atoms with Crippen molar-refractivity contribution in [3.8, 4) is 12.3 Å². The Morgan fingerprint density at radius 2 is 1.62 bits per heavy atom. The number of hydrogen-bond donors (Lipinski definition) is 3. The monoisotopic (exact) mass is 543 g/mol. The molecular weight excluding hydrogens is 494 g/mol. The van der Waals surface area contributed by atoms with E-state index in [2.05, 4.69) is 30.4 Å². The molecule has 1 rings (SSSR count). The molecule has 2 atom stereocenters. The Morgan fingerprint density at radius 1 is 1.00 bits per heavy atom. The number of nitrogens with one attached hydrogen (secondary N) is 2. The van der Waals surface area contributed by atoms with Crippen LogP contribution in [0, 0.1) is 12.3 Å². The van der Waals surface area contributed by atoms with E-state index in [1.165, 1.54) is 4.90 Å². The van der Waals surface area contributed by atoms with Crippen molar-refractivity contribution in [3.05, 3.63) is 35.4 Å². The molecule has 218 valence electrons. The maximum absolute atomic E-state index is 13.9. The number of alkyl carbamates (subject to hydrolysis) is 1. The van der Waals surface area contributed by atoms with E-state index < -0.39 is 36.3 Å². The fourth-order valence-corrected chi connectivity index (χ4v) is 4.27. The van der Waals surface area contributed by atoms with Crippen LogP contribution in [0.3, 0.4) is 0 Å². The predicted octanol–water partition coefficient (Wildman–Crippen LogP) is 5.09. The average molecular weight is 544 g/mol. The van der Waals surface area contributed by atoms with Gasteiger partial charge in [0.15, 0.2) is 0 Å². The van der Waals surface area contributed by atoms with Crippen molar-refractivity contribution >= 4 is 17.9 Å². The lowest BCUT2D eigenvalue weighted by Crippen LogP contribution is -2.54. The molecule has 0 bridgehead atoms. The molecule has 0 radical (unpaired) electrons. The van der Waals surface area contributed by atoms with Gasteiger partial charge in [0.1, 0.15) is 17.7 Å². The van der Waals surface area contributed by atoms with Crippen LogP contribution in [0.15, 0.2) is 24.3 Å². The van der Waals surface area contributed by atoms with Crippen LogP contribution >= 0.6 is 0 Å². The van der Waals surface area contributed by atoms with E-state index in [0.29, 0.717) is 24.1 Å². The second-order valence-electron chi connectivity index (χ2n) is 10.8. The van der Waals surface area contributed by atoms with E-state index in [4.69, 9.17) is 11.2 Å². The van der Waals surface area contributed by atoms with Crippen molar-refractivity contribution in [2.45, 2.75) is 110 Å². The highest BCUT2D eigenvalue weighted by Crippen LogP contribution is 2.26. The van der Waals surface area contributed by atoms with Gasteiger partial charge in [0.25, 0.3) is 0 Å². The number of carbonyl (C=O) groups is 3. The van der Waals surface area contributed by atoms with Crippen LogP contribution in [0.5, 0.6) is 0 Å². The van der Waals surface area contributed by atoms with E-state index in [1.54, 1.807) is 45.0 Å². The van der Waals surface area contributed by atoms with Gasteiger partial charge in [-0.1, -0.05) is 82.9 Å². The largest absolute Gasteiger partial charge is 0.444 e. The third-order valence-electron chi connectivity index (χ3n) is 6.26. The van der Waals surface area contributed by atoms with E-state index in [-0.39, 0.29) is 12.5 Å². The summed E-state index contributed by atoms with van der Waals surface area (Å²) in [5.74, 6) is 1.72. The highest BCUT2D eigenvalue weighted by atomic mass is 16.6. The molecule has 3 amide bonds. The van der Waals surface area contributed by atoms with Crippen molar-refractivity contribution in [2.75, 3.05) is 19.7 Å². The minimum absolute atomic E-state index is 0.267. The topological polar surface area (TPSA) is 108 Å². The van der Waals surface area contributed by atoms with Crippen LogP contribution in [0.1, 0.15) is 110 Å². The Bertz CT molecular complexity index is 935. The third-order valence-corrected chi connectivity index (χ3v) is 6.26. The fourth-order valence-electron chi connectivity index (χ4n) is 4.27. The van der Waals surface area contributed by atoms with Crippen LogP contribution in [0.25, 0.3) is 0 Å². The summed E-state index contributed by atoms with van der Waals surface area (Å²) in [5, 5.41) is 15.6. The molecule has 3 N–H and O–H groups in total. The van der Waals surface area contributed by atoms with Gasteiger partial charge in [-0.05, 0) is 45.2 Å². The summed E-state index contributed by atoms with van der Waals surface area (Å²) in [4.78, 5) is 41.5. The van der Waals surface area contributed by atoms with E-state index in [1.807, 2.05) is 0 Å². The van der Waals surface area contributed by atoms with Gasteiger partial charge < -0.3 is 25.4 Å². The smallest absolute Gasteiger partial charge is 0.408 e. The maximum Gasteiger partial charge on any atom is 0.408 e. The first-order valence-corrected chi connectivity index (χ1v) is 14.3. The lowest BCUT2D eigenvalue weighted by atomic mass is 9.97. The first kappa shape index (κ1) is 34.0. The average Bonchev–Trinajstić information content (AvgIpc) is 2.89. The van der Waals surface area contributed by atoms with Crippen molar-refractivity contribution in [3.63, 3.8) is 0 Å². The highest BCUT2D eigenvalue weighted by Gasteiger charge is 2.36. The zero-order valence-corrected chi connectivity index (χ0v) is 24.6. The molecule has 1 aromatic carbocycles. The van der Waals surface area contributed by atoms with Crippen molar-refractivity contribution in [1.82, 2.24) is 15.5 Å². The lowest BCUT2D eigenvalue weighted by Gasteiger charge is -2.34. The SMILES string of the molecule is C#Cc1ccccc1C(C(=O)NCCCCC)N(CCCCCCCC)C(=O)C(CO)NC(=O)OC(C)(C)C. The summed E-state index contributed by atoms with van der Waals surface area (Å²) in [7, 11) is 0. The molecule has 8 nitrogen and oxygen atoms in total. The molecule has 8 heteroatoms. The van der Waals surface area contributed by atoms with Crippen LogP contribution in [-0.2, 0) is 14.3 Å². The predicted molar refractivity (Wildman–Crippen MR) is 155 cm³/mol. The van der Waals surface area contributed by atoms with Crippen LogP contribution in [0.4, 0.5) is 4.79 Å². The van der Waals surface area contributed by atoms with Gasteiger partial charge in [-0.2, -0.15) is 0 Å². The first-order chi connectivity index (χ1) is 18.6. The number of rotatable bonds is 17. The second kappa shape index (κ2) is 18.3. The number of aliphatic hydroxyl groups is 1. The fraction of sp³-hybridized carbons (Fsp3) is 0.645. The van der Waals surface area contributed by atoms with Crippen LogP contribution < -0.4 is 10.6 Å². The Hall–Kier alpha value is -3.05. The van der Waals surface area contributed by atoms with Gasteiger partial charge >= 0.3 is 6.09 Å². The number of carbonyl (C=O) groups excluding carboxylic acids is 3. The molecule has 0 fully saturated rings. The number of ether oxygens (including phenoxy) is 1. The van der Waals surface area contributed by atoms with Gasteiger partial charge in [-0.25, -0.2) is 4.79 Å². The maximum atomic E-state index is 13.9. The van der Waals surface area contributed by atoms with Crippen molar-refractivity contribution in [2.24, 2.45) is 0 Å². The summed E-state index contributed by atoms with van der Waals surface area (Å²) in [6.45, 7) is 9.46. The van der Waals surface area contributed by atoms with Crippen LogP contribution in [0.2, 0.25) is 0 Å². The van der Waals surface area contributed by atoms with Crippen molar-refractivity contribution in [1.29, 1.82) is 0 Å². The normalized spacial score (nSPS) is 12.6. The molecule has 2 unspecified atom stereocenters. The minimum Gasteiger partial charge on any atom is -0.444 e. The number of unbranched alkanes of at least 4 members (excludes halogenated alkanes) is 7. The lowest BCUT2D eigenvalue weighted by molar-refractivity contribution is -0.143. The molecular formula is C31H49N3O5. The molecule has 0 spiro atoms. The molecule has 0 heterocycles. The Labute approximate surface area is 235 Å². The summed E-state index contributed by atoms with van der Waals surface area (Å²) in [5.41, 5.74) is 0.256. The number of amides is 3. The van der Waals surface area contributed by atoms with Gasteiger partial charge in [0.05, 0.1) is 6.61 Å². The second-order valence-corrected chi connectivity index (χ2v) is 10.8.